The van der Waals surface area contributed by atoms with E-state index in [9.17, 15) is 18.0 Å². The molecule has 0 spiro atoms. The summed E-state index contributed by atoms with van der Waals surface area (Å²) in [6.07, 6.45) is -2.48. The van der Waals surface area contributed by atoms with E-state index in [-0.39, 0.29) is 24.1 Å². The molecule has 8 nitrogen and oxygen atoms in total. The molecule has 1 aliphatic heterocycles. The van der Waals surface area contributed by atoms with Gasteiger partial charge < -0.3 is 24.8 Å². The first kappa shape index (κ1) is 28.4. The average Bonchev–Trinajstić information content (AvgIpc) is 3.29. The highest BCUT2D eigenvalue weighted by Crippen LogP contribution is 2.24. The van der Waals surface area contributed by atoms with Crippen molar-refractivity contribution >= 4 is 22.8 Å². The second-order valence-electron chi connectivity index (χ2n) is 10.3. The lowest BCUT2D eigenvalue weighted by Crippen LogP contribution is -2.49. The first-order valence-electron chi connectivity index (χ1n) is 13.7. The second kappa shape index (κ2) is 12.2. The molecule has 1 unspecified atom stereocenters. The van der Waals surface area contributed by atoms with E-state index in [0.29, 0.717) is 36.0 Å². The van der Waals surface area contributed by atoms with Crippen LogP contribution in [0.4, 0.5) is 18.9 Å². The van der Waals surface area contributed by atoms with Crippen molar-refractivity contribution in [2.45, 2.75) is 51.7 Å². The highest BCUT2D eigenvalue weighted by Gasteiger charge is 2.31. The van der Waals surface area contributed by atoms with Crippen LogP contribution >= 0.6 is 0 Å². The largest absolute Gasteiger partial charge is 0.573 e. The number of carbonyl (C=O) groups excluding carboxylic acids is 1. The van der Waals surface area contributed by atoms with Crippen LogP contribution in [0, 0.1) is 0 Å². The quantitative estimate of drug-likeness (QED) is 0.297. The smallest absolute Gasteiger partial charge is 0.406 e. The van der Waals surface area contributed by atoms with Gasteiger partial charge in [-0.1, -0.05) is 24.3 Å². The number of benzene rings is 2. The van der Waals surface area contributed by atoms with Crippen LogP contribution in [-0.4, -0.2) is 52.5 Å². The molecule has 2 aromatic carbocycles. The summed E-state index contributed by atoms with van der Waals surface area (Å²) in [7, 11) is 0. The fourth-order valence-electron chi connectivity index (χ4n) is 5.10. The molecule has 0 saturated carbocycles. The Labute approximate surface area is 236 Å². The zero-order valence-electron chi connectivity index (χ0n) is 23.0. The molecule has 41 heavy (non-hydrogen) atoms. The third-order valence-corrected chi connectivity index (χ3v) is 7.16. The van der Waals surface area contributed by atoms with Crippen molar-refractivity contribution in [2.75, 3.05) is 24.5 Å². The monoisotopic (exact) mass is 566 g/mol. The maximum Gasteiger partial charge on any atom is 0.573 e. The number of alkyl halides is 3. The van der Waals surface area contributed by atoms with Crippen molar-refractivity contribution in [3.05, 3.63) is 83.8 Å². The number of hydrogen-bond acceptors (Lipinski definition) is 6. The zero-order chi connectivity index (χ0) is 29.0. The number of amides is 1. The Morgan fingerprint density at radius 1 is 1.15 bits per heavy atom. The highest BCUT2D eigenvalue weighted by molar-refractivity contribution is 5.77. The van der Waals surface area contributed by atoms with Gasteiger partial charge in [-0.25, -0.2) is 9.97 Å². The van der Waals surface area contributed by atoms with E-state index in [1.54, 1.807) is 24.4 Å². The number of ether oxygens (including phenoxy) is 1. The molecule has 2 N–H and O–H groups in total. The third-order valence-electron chi connectivity index (χ3n) is 7.16. The number of anilines is 1. The Hall–Kier alpha value is -4.12. The molecule has 0 bridgehead atoms. The minimum absolute atomic E-state index is 0.0993. The predicted molar refractivity (Wildman–Crippen MR) is 151 cm³/mol. The molecular formula is C30H33F3N6O2. The summed E-state index contributed by atoms with van der Waals surface area (Å²) in [4.78, 5) is 24.4. The molecule has 1 fully saturated rings. The molecule has 1 amide bonds. The van der Waals surface area contributed by atoms with Gasteiger partial charge in [0, 0.05) is 50.4 Å². The number of hydrogen-bond donors (Lipinski definition) is 2. The molecule has 1 aliphatic rings. The number of rotatable bonds is 9. The Morgan fingerprint density at radius 3 is 2.61 bits per heavy atom. The molecule has 0 aliphatic carbocycles. The maximum atomic E-state index is 12.9. The van der Waals surface area contributed by atoms with Crippen LogP contribution < -0.4 is 20.3 Å². The van der Waals surface area contributed by atoms with Gasteiger partial charge >= 0.3 is 6.36 Å². The van der Waals surface area contributed by atoms with Gasteiger partial charge in [-0.15, -0.1) is 13.2 Å². The summed E-state index contributed by atoms with van der Waals surface area (Å²) in [5, 5.41) is 6.53. The molecule has 2 aromatic heterocycles. The van der Waals surface area contributed by atoms with Gasteiger partial charge in [0.05, 0.1) is 12.6 Å². The molecule has 3 heterocycles. The number of nitrogens with one attached hydrogen (secondary N) is 2. The van der Waals surface area contributed by atoms with Crippen LogP contribution in [0.1, 0.15) is 43.3 Å². The Kier molecular flexibility index (Phi) is 8.44. The minimum Gasteiger partial charge on any atom is -0.406 e. The van der Waals surface area contributed by atoms with Crippen molar-refractivity contribution in [2.24, 2.45) is 0 Å². The van der Waals surface area contributed by atoms with Crippen LogP contribution in [0.3, 0.4) is 0 Å². The topological polar surface area (TPSA) is 84.3 Å². The second-order valence-corrected chi connectivity index (χ2v) is 10.3. The normalized spacial score (nSPS) is 16.5. The van der Waals surface area contributed by atoms with Gasteiger partial charge in [0.1, 0.15) is 17.1 Å². The number of piperazine rings is 1. The fraction of sp³-hybridized carbons (Fsp3) is 0.367. The van der Waals surface area contributed by atoms with E-state index >= 15 is 0 Å². The van der Waals surface area contributed by atoms with Crippen LogP contribution in [0.5, 0.6) is 5.75 Å². The van der Waals surface area contributed by atoms with Crippen LogP contribution in [-0.2, 0) is 17.8 Å². The number of halogens is 3. The molecule has 0 radical (unpaired) electrons. The molecule has 4 aromatic rings. The molecular weight excluding hydrogens is 533 g/mol. The van der Waals surface area contributed by atoms with Gasteiger partial charge in [0.2, 0.25) is 5.91 Å². The lowest BCUT2D eigenvalue weighted by atomic mass is 10.1. The number of nitrogens with zero attached hydrogens (tertiary/aromatic N) is 4. The van der Waals surface area contributed by atoms with Crippen molar-refractivity contribution in [1.82, 2.24) is 25.2 Å². The molecule has 216 valence electrons. The Balaban J connectivity index is 1.22. The molecule has 11 heteroatoms. The van der Waals surface area contributed by atoms with E-state index in [4.69, 9.17) is 0 Å². The Morgan fingerprint density at radius 2 is 1.90 bits per heavy atom. The lowest BCUT2D eigenvalue weighted by molar-refractivity contribution is -0.274. The predicted octanol–water partition coefficient (Wildman–Crippen LogP) is 4.99. The average molecular weight is 567 g/mol. The lowest BCUT2D eigenvalue weighted by Gasteiger charge is -2.33. The number of fused-ring (bicyclic) bond motifs is 1. The number of aryl methyl sites for hydroxylation is 1. The van der Waals surface area contributed by atoms with Gasteiger partial charge in [0.25, 0.3) is 0 Å². The number of aromatic nitrogens is 3. The van der Waals surface area contributed by atoms with Crippen molar-refractivity contribution < 1.29 is 22.7 Å². The van der Waals surface area contributed by atoms with Gasteiger partial charge in [-0.05, 0) is 61.4 Å². The van der Waals surface area contributed by atoms with Crippen LogP contribution in [0.25, 0.3) is 11.2 Å². The van der Waals surface area contributed by atoms with Crippen molar-refractivity contribution in [1.29, 1.82) is 0 Å². The van der Waals surface area contributed by atoms with E-state index in [1.165, 1.54) is 17.8 Å². The molecule has 1 saturated heterocycles. The summed E-state index contributed by atoms with van der Waals surface area (Å²) in [6.45, 7) is 7.37. The van der Waals surface area contributed by atoms with E-state index in [1.807, 2.05) is 17.6 Å². The van der Waals surface area contributed by atoms with Gasteiger partial charge in [-0.3, -0.25) is 4.79 Å². The van der Waals surface area contributed by atoms with E-state index in [2.05, 4.69) is 61.4 Å². The van der Waals surface area contributed by atoms with Crippen LogP contribution in [0.15, 0.2) is 66.9 Å². The summed E-state index contributed by atoms with van der Waals surface area (Å²) in [5.41, 5.74) is 4.29. The zero-order valence-corrected chi connectivity index (χ0v) is 23.0. The summed E-state index contributed by atoms with van der Waals surface area (Å²) in [6, 6.07) is 17.9. The summed E-state index contributed by atoms with van der Waals surface area (Å²) in [5.74, 6) is 0.290. The fourth-order valence-corrected chi connectivity index (χ4v) is 5.10. The summed E-state index contributed by atoms with van der Waals surface area (Å²) >= 11 is 0. The SMILES string of the molecule is CC(NC(=O)CCc1nc2cccnc2n1Cc1ccc(OC(F)(F)F)cc1)c1ccc(N2CCN[C@@H](C)C2)cc1. The molecule has 5 rings (SSSR count). The van der Waals surface area contributed by atoms with E-state index < -0.39 is 6.36 Å². The third kappa shape index (κ3) is 7.35. The Bertz CT molecular complexity index is 1470. The first-order valence-corrected chi connectivity index (χ1v) is 13.7. The molecule has 2 atom stereocenters. The van der Waals surface area contributed by atoms with Gasteiger partial charge in [-0.2, -0.15) is 0 Å². The van der Waals surface area contributed by atoms with E-state index in [0.717, 1.165) is 30.8 Å². The maximum absolute atomic E-state index is 12.9. The first-order chi connectivity index (χ1) is 19.6. The number of carbonyl (C=O) groups is 1. The van der Waals surface area contributed by atoms with Crippen molar-refractivity contribution in [3.8, 4) is 5.75 Å². The standard InChI is InChI=1S/C30H33F3N6O2/c1-20-18-38(17-16-34-20)24-9-7-23(8-10-24)21(2)36-28(40)14-13-27-37-26-4-3-15-35-29(26)39(27)19-22-5-11-25(12-6-22)41-30(31,32)33/h3-12,15,20-21,34H,13-14,16-19H2,1-2H3,(H,36,40)/t20-,21?/m0/s1. The number of pyridine rings is 1. The highest BCUT2D eigenvalue weighted by atomic mass is 19.4. The van der Waals surface area contributed by atoms with Crippen LogP contribution in [0.2, 0.25) is 0 Å². The number of imidazole rings is 1. The van der Waals surface area contributed by atoms with Crippen molar-refractivity contribution in [3.63, 3.8) is 0 Å². The van der Waals surface area contributed by atoms with Gasteiger partial charge in [0.15, 0.2) is 5.65 Å². The summed E-state index contributed by atoms with van der Waals surface area (Å²) < 4.78 is 43.4. The minimum atomic E-state index is -4.75.